The second-order valence-electron chi connectivity index (χ2n) is 5.59. The van der Waals surface area contributed by atoms with Crippen molar-refractivity contribution in [3.8, 4) is 0 Å². The summed E-state index contributed by atoms with van der Waals surface area (Å²) >= 11 is 0. The van der Waals surface area contributed by atoms with Crippen molar-refractivity contribution in [2.24, 2.45) is 0 Å². The average Bonchev–Trinajstić information content (AvgIpc) is 2.99. The Morgan fingerprint density at radius 1 is 1.42 bits per heavy atom. The Morgan fingerprint density at radius 2 is 2.25 bits per heavy atom. The minimum absolute atomic E-state index is 0. The molecule has 2 unspecified atom stereocenters. The van der Waals surface area contributed by atoms with E-state index in [1.807, 2.05) is 18.2 Å². The summed E-state index contributed by atoms with van der Waals surface area (Å²) < 4.78 is 1.62. The fraction of sp³-hybridized carbons (Fsp3) is 0.467. The van der Waals surface area contributed by atoms with Crippen LogP contribution < -0.4 is 10.6 Å². The van der Waals surface area contributed by atoms with E-state index in [2.05, 4.69) is 32.9 Å². The number of nitrogens with zero attached hydrogens (tertiary/aromatic N) is 4. The number of amides is 1. The summed E-state index contributed by atoms with van der Waals surface area (Å²) in [5, 5.41) is 14.3. The van der Waals surface area contributed by atoms with E-state index in [1.54, 1.807) is 17.1 Å². The van der Waals surface area contributed by atoms with Gasteiger partial charge >= 0.3 is 0 Å². The molecule has 3 heterocycles. The molecule has 0 radical (unpaired) electrons. The zero-order valence-corrected chi connectivity index (χ0v) is 15.0. The maximum atomic E-state index is 12.3. The van der Waals surface area contributed by atoms with Gasteiger partial charge in [0.15, 0.2) is 5.69 Å². The molecule has 9 heteroatoms. The van der Waals surface area contributed by atoms with Gasteiger partial charge in [-0.25, -0.2) is 4.68 Å². The van der Waals surface area contributed by atoms with Crippen LogP contribution in [-0.4, -0.2) is 44.5 Å². The lowest BCUT2D eigenvalue weighted by molar-refractivity contribution is 0.0914. The molecule has 1 aliphatic heterocycles. The molecule has 1 amide bonds. The molecular weight excluding hydrogens is 351 g/mol. The Bertz CT molecular complexity index is 636. The van der Waals surface area contributed by atoms with Crippen LogP contribution in [0.25, 0.3) is 0 Å². The van der Waals surface area contributed by atoms with Crippen molar-refractivity contribution in [1.29, 1.82) is 0 Å². The molecule has 1 fully saturated rings. The number of hydrogen-bond donors (Lipinski definition) is 2. The number of hydrogen-bond acceptors (Lipinski definition) is 5. The highest BCUT2D eigenvalue weighted by Crippen LogP contribution is 2.09. The smallest absolute Gasteiger partial charge is 0.273 e. The van der Waals surface area contributed by atoms with E-state index in [9.17, 15) is 4.79 Å². The molecule has 2 aromatic heterocycles. The lowest BCUT2D eigenvalue weighted by atomic mass is 10.00. The quantitative estimate of drug-likeness (QED) is 0.847. The molecule has 0 saturated carbocycles. The highest BCUT2D eigenvalue weighted by atomic mass is 35.5. The molecule has 24 heavy (non-hydrogen) atoms. The molecule has 1 saturated heterocycles. The van der Waals surface area contributed by atoms with Gasteiger partial charge in [-0.05, 0) is 38.4 Å². The van der Waals surface area contributed by atoms with Gasteiger partial charge in [-0.1, -0.05) is 11.3 Å². The lowest BCUT2D eigenvalue weighted by Crippen LogP contribution is -2.51. The molecule has 0 bridgehead atoms. The predicted molar refractivity (Wildman–Crippen MR) is 95.8 cm³/mol. The number of piperidine rings is 1. The maximum absolute atomic E-state index is 12.3. The van der Waals surface area contributed by atoms with Crippen LogP contribution in [-0.2, 0) is 6.54 Å². The zero-order valence-electron chi connectivity index (χ0n) is 13.4. The van der Waals surface area contributed by atoms with Gasteiger partial charge in [0.05, 0.1) is 18.4 Å². The summed E-state index contributed by atoms with van der Waals surface area (Å²) in [5.74, 6) is -0.173. The molecule has 2 aromatic rings. The molecule has 0 aliphatic carbocycles. The van der Waals surface area contributed by atoms with Crippen LogP contribution in [0.2, 0.25) is 0 Å². The topological polar surface area (TPSA) is 84.7 Å². The summed E-state index contributed by atoms with van der Waals surface area (Å²) in [6.45, 7) is 3.60. The second kappa shape index (κ2) is 9.56. The van der Waals surface area contributed by atoms with Gasteiger partial charge in [0.25, 0.3) is 5.91 Å². The summed E-state index contributed by atoms with van der Waals surface area (Å²) in [6, 6.07) is 6.12. The van der Waals surface area contributed by atoms with Crippen molar-refractivity contribution in [3.63, 3.8) is 0 Å². The van der Waals surface area contributed by atoms with Gasteiger partial charge < -0.3 is 10.6 Å². The van der Waals surface area contributed by atoms with Crippen molar-refractivity contribution >= 4 is 30.7 Å². The Morgan fingerprint density at radius 3 is 2.96 bits per heavy atom. The van der Waals surface area contributed by atoms with Crippen LogP contribution in [0.3, 0.4) is 0 Å². The molecule has 2 N–H and O–H groups in total. The largest absolute Gasteiger partial charge is 0.346 e. The van der Waals surface area contributed by atoms with Crippen LogP contribution in [0, 0.1) is 0 Å². The van der Waals surface area contributed by atoms with Crippen LogP contribution >= 0.6 is 24.8 Å². The van der Waals surface area contributed by atoms with Crippen molar-refractivity contribution in [3.05, 3.63) is 42.0 Å². The van der Waals surface area contributed by atoms with Crippen molar-refractivity contribution in [2.75, 3.05) is 6.54 Å². The Hall–Kier alpha value is -1.70. The Labute approximate surface area is 153 Å². The molecule has 0 spiro atoms. The number of carbonyl (C=O) groups excluding carboxylic acids is 1. The highest BCUT2D eigenvalue weighted by molar-refractivity contribution is 5.92. The Balaban J connectivity index is 0.00000144. The highest BCUT2D eigenvalue weighted by Gasteiger charge is 2.23. The number of nitrogens with one attached hydrogen (secondary N) is 2. The molecular formula is C15H22Cl2N6O. The zero-order chi connectivity index (χ0) is 15.4. The standard InChI is InChI=1S/C15H20N6O.2ClH/c1-11-13(6-4-8-16-11)18-15(22)14-10-21(20-19-14)9-12-5-2-3-7-17-12;;/h2-3,5,7,10-11,13,16H,4,6,8-9H2,1H3,(H,18,22);2*1H. The SMILES string of the molecule is CC1NCCCC1NC(=O)c1cn(Cc2ccccn2)nn1.Cl.Cl. The Kier molecular flexibility index (Phi) is 8.10. The first-order valence-electron chi connectivity index (χ1n) is 7.56. The van der Waals surface area contributed by atoms with Gasteiger partial charge in [0, 0.05) is 18.3 Å². The van der Waals surface area contributed by atoms with E-state index in [4.69, 9.17) is 0 Å². The first kappa shape index (κ1) is 20.3. The van der Waals surface area contributed by atoms with Crippen LogP contribution in [0.5, 0.6) is 0 Å². The van der Waals surface area contributed by atoms with Crippen LogP contribution in [0.1, 0.15) is 35.9 Å². The molecule has 132 valence electrons. The first-order valence-corrected chi connectivity index (χ1v) is 7.56. The van der Waals surface area contributed by atoms with E-state index >= 15 is 0 Å². The molecule has 3 rings (SSSR count). The van der Waals surface area contributed by atoms with Gasteiger partial charge in [0.2, 0.25) is 0 Å². The minimum atomic E-state index is -0.173. The summed E-state index contributed by atoms with van der Waals surface area (Å²) in [7, 11) is 0. The molecule has 0 aromatic carbocycles. The monoisotopic (exact) mass is 372 g/mol. The van der Waals surface area contributed by atoms with Crippen molar-refractivity contribution < 1.29 is 4.79 Å². The lowest BCUT2D eigenvalue weighted by Gasteiger charge is -2.30. The third kappa shape index (κ3) is 5.15. The average molecular weight is 373 g/mol. The van der Waals surface area contributed by atoms with Gasteiger partial charge in [-0.3, -0.25) is 9.78 Å². The summed E-state index contributed by atoms with van der Waals surface area (Å²) in [5.41, 5.74) is 1.22. The number of pyridine rings is 1. The van der Waals surface area contributed by atoms with E-state index in [1.165, 1.54) is 0 Å². The fourth-order valence-corrected chi connectivity index (χ4v) is 2.62. The van der Waals surface area contributed by atoms with Gasteiger partial charge in [-0.2, -0.15) is 0 Å². The van der Waals surface area contributed by atoms with E-state index in [0.717, 1.165) is 25.1 Å². The summed E-state index contributed by atoms with van der Waals surface area (Å²) in [4.78, 5) is 16.5. The fourth-order valence-electron chi connectivity index (χ4n) is 2.62. The van der Waals surface area contributed by atoms with Crippen LogP contribution in [0.4, 0.5) is 0 Å². The van der Waals surface area contributed by atoms with Gasteiger partial charge in [0.1, 0.15) is 0 Å². The number of halogens is 2. The van der Waals surface area contributed by atoms with E-state index in [-0.39, 0.29) is 42.8 Å². The summed E-state index contributed by atoms with van der Waals surface area (Å²) in [6.07, 6.45) is 5.45. The number of aromatic nitrogens is 4. The third-order valence-electron chi connectivity index (χ3n) is 3.90. The molecule has 1 aliphatic rings. The van der Waals surface area contributed by atoms with Crippen molar-refractivity contribution in [1.82, 2.24) is 30.6 Å². The third-order valence-corrected chi connectivity index (χ3v) is 3.90. The first-order chi connectivity index (χ1) is 10.7. The number of rotatable bonds is 4. The normalized spacial score (nSPS) is 19.7. The number of carbonyl (C=O) groups is 1. The van der Waals surface area contributed by atoms with E-state index in [0.29, 0.717) is 12.2 Å². The predicted octanol–water partition coefficient (Wildman–Crippen LogP) is 1.44. The maximum Gasteiger partial charge on any atom is 0.273 e. The molecule has 7 nitrogen and oxygen atoms in total. The second-order valence-corrected chi connectivity index (χ2v) is 5.59. The van der Waals surface area contributed by atoms with Crippen molar-refractivity contribution in [2.45, 2.75) is 38.4 Å². The van der Waals surface area contributed by atoms with Crippen LogP contribution in [0.15, 0.2) is 30.6 Å². The minimum Gasteiger partial charge on any atom is -0.346 e. The molecule has 2 atom stereocenters. The van der Waals surface area contributed by atoms with E-state index < -0.39 is 0 Å². The van der Waals surface area contributed by atoms with Gasteiger partial charge in [-0.15, -0.1) is 29.9 Å².